The minimum atomic E-state index is -0.447. The Bertz CT molecular complexity index is 1090. The standard InChI is InChI=1S/C20H18ClN5O3/c1-13-12-24(20(27)14-5-3-2-4-6-14)9-10-25(13)19-17-11-15(26(28)29)7-8-16(17)18(21)22-23-19/h2-8,11,13H,9-10,12H2,1H3/t13-/m1/s1. The van der Waals surface area contributed by atoms with Crippen molar-refractivity contribution in [3.8, 4) is 0 Å². The van der Waals surface area contributed by atoms with E-state index >= 15 is 0 Å². The normalized spacial score (nSPS) is 16.8. The molecule has 1 atom stereocenters. The van der Waals surface area contributed by atoms with Gasteiger partial charge in [-0.05, 0) is 25.1 Å². The van der Waals surface area contributed by atoms with Crippen LogP contribution in [-0.4, -0.2) is 51.6 Å². The summed E-state index contributed by atoms with van der Waals surface area (Å²) in [5, 5.41) is 20.8. The molecule has 9 heteroatoms. The second kappa shape index (κ2) is 7.63. The smallest absolute Gasteiger partial charge is 0.270 e. The quantitative estimate of drug-likeness (QED) is 0.483. The van der Waals surface area contributed by atoms with Crippen LogP contribution >= 0.6 is 11.6 Å². The van der Waals surface area contributed by atoms with Crippen LogP contribution in [0.2, 0.25) is 5.15 Å². The zero-order valence-corrected chi connectivity index (χ0v) is 16.4. The highest BCUT2D eigenvalue weighted by atomic mass is 35.5. The van der Waals surface area contributed by atoms with E-state index in [4.69, 9.17) is 11.6 Å². The van der Waals surface area contributed by atoms with E-state index in [1.54, 1.807) is 18.2 Å². The van der Waals surface area contributed by atoms with Gasteiger partial charge in [0.2, 0.25) is 0 Å². The van der Waals surface area contributed by atoms with Crippen LogP contribution in [0, 0.1) is 10.1 Å². The third-order valence-corrected chi connectivity index (χ3v) is 5.40. The van der Waals surface area contributed by atoms with Crippen molar-refractivity contribution >= 4 is 39.8 Å². The highest BCUT2D eigenvalue weighted by Gasteiger charge is 2.30. The van der Waals surface area contributed by atoms with Gasteiger partial charge in [0.05, 0.1) is 4.92 Å². The van der Waals surface area contributed by atoms with Crippen molar-refractivity contribution < 1.29 is 9.72 Å². The fourth-order valence-corrected chi connectivity index (χ4v) is 3.84. The molecule has 1 saturated heterocycles. The largest absolute Gasteiger partial charge is 0.348 e. The molecule has 8 nitrogen and oxygen atoms in total. The number of piperazine rings is 1. The molecule has 148 valence electrons. The zero-order valence-electron chi connectivity index (χ0n) is 15.7. The number of amides is 1. The molecule has 1 aliphatic heterocycles. The van der Waals surface area contributed by atoms with Gasteiger partial charge in [-0.2, -0.15) is 0 Å². The molecule has 0 radical (unpaired) electrons. The second-order valence-electron chi connectivity index (χ2n) is 6.96. The number of halogens is 1. The molecule has 1 aliphatic rings. The Balaban J connectivity index is 1.64. The third kappa shape index (κ3) is 3.58. The van der Waals surface area contributed by atoms with Gasteiger partial charge in [0.1, 0.15) is 0 Å². The van der Waals surface area contributed by atoms with Gasteiger partial charge in [0, 0.05) is 54.1 Å². The number of nitrogens with zero attached hydrogens (tertiary/aromatic N) is 5. The second-order valence-corrected chi connectivity index (χ2v) is 7.32. The van der Waals surface area contributed by atoms with Crippen LogP contribution in [0.15, 0.2) is 48.5 Å². The number of anilines is 1. The minimum Gasteiger partial charge on any atom is -0.348 e. The monoisotopic (exact) mass is 411 g/mol. The first-order valence-electron chi connectivity index (χ1n) is 9.17. The first kappa shape index (κ1) is 19.1. The molecule has 1 amide bonds. The van der Waals surface area contributed by atoms with E-state index in [9.17, 15) is 14.9 Å². The molecule has 2 heterocycles. The van der Waals surface area contributed by atoms with E-state index in [-0.39, 0.29) is 22.8 Å². The maximum absolute atomic E-state index is 12.8. The van der Waals surface area contributed by atoms with E-state index in [0.29, 0.717) is 41.8 Å². The fourth-order valence-electron chi connectivity index (χ4n) is 3.64. The van der Waals surface area contributed by atoms with E-state index in [1.165, 1.54) is 12.1 Å². The average Bonchev–Trinajstić information content (AvgIpc) is 2.74. The van der Waals surface area contributed by atoms with Gasteiger partial charge in [-0.3, -0.25) is 14.9 Å². The van der Waals surface area contributed by atoms with Gasteiger partial charge in [-0.1, -0.05) is 29.8 Å². The van der Waals surface area contributed by atoms with E-state index in [0.717, 1.165) is 0 Å². The Hall–Kier alpha value is -3.26. The highest BCUT2D eigenvalue weighted by Crippen LogP contribution is 2.33. The SMILES string of the molecule is C[C@@H]1CN(C(=O)c2ccccc2)CCN1c1nnc(Cl)c2ccc([N+](=O)[O-])cc12. The number of benzene rings is 2. The summed E-state index contributed by atoms with van der Waals surface area (Å²) < 4.78 is 0. The van der Waals surface area contributed by atoms with E-state index < -0.39 is 4.92 Å². The Morgan fingerprint density at radius 2 is 1.90 bits per heavy atom. The van der Waals surface area contributed by atoms with Crippen LogP contribution in [-0.2, 0) is 0 Å². The molecule has 2 aromatic carbocycles. The minimum absolute atomic E-state index is 0.0141. The number of aromatic nitrogens is 2. The Morgan fingerprint density at radius 3 is 2.59 bits per heavy atom. The lowest BCUT2D eigenvalue weighted by molar-refractivity contribution is -0.384. The van der Waals surface area contributed by atoms with Crippen LogP contribution in [0.5, 0.6) is 0 Å². The van der Waals surface area contributed by atoms with Crippen molar-refractivity contribution in [2.24, 2.45) is 0 Å². The summed E-state index contributed by atoms with van der Waals surface area (Å²) in [5.41, 5.74) is 0.619. The summed E-state index contributed by atoms with van der Waals surface area (Å²) in [6, 6.07) is 13.6. The number of nitro groups is 1. The molecule has 0 N–H and O–H groups in total. The summed E-state index contributed by atoms with van der Waals surface area (Å²) in [5.74, 6) is 0.521. The molecule has 0 unspecified atom stereocenters. The number of hydrogen-bond donors (Lipinski definition) is 0. The summed E-state index contributed by atoms with van der Waals surface area (Å²) in [7, 11) is 0. The van der Waals surface area contributed by atoms with Gasteiger partial charge in [0.15, 0.2) is 11.0 Å². The summed E-state index contributed by atoms with van der Waals surface area (Å²) >= 11 is 6.15. The topological polar surface area (TPSA) is 92.5 Å². The van der Waals surface area contributed by atoms with Gasteiger partial charge in [-0.25, -0.2) is 0 Å². The maximum atomic E-state index is 12.8. The molecular weight excluding hydrogens is 394 g/mol. The molecule has 0 saturated carbocycles. The molecule has 0 bridgehead atoms. The highest BCUT2D eigenvalue weighted by molar-refractivity contribution is 6.34. The maximum Gasteiger partial charge on any atom is 0.270 e. The number of fused-ring (bicyclic) bond motifs is 1. The van der Waals surface area contributed by atoms with Gasteiger partial charge >= 0.3 is 0 Å². The molecule has 1 aromatic heterocycles. The lowest BCUT2D eigenvalue weighted by atomic mass is 10.1. The molecule has 0 spiro atoms. The van der Waals surface area contributed by atoms with Crippen LogP contribution in [0.4, 0.5) is 11.5 Å². The van der Waals surface area contributed by atoms with Crippen molar-refractivity contribution in [3.05, 3.63) is 69.4 Å². The van der Waals surface area contributed by atoms with Gasteiger partial charge < -0.3 is 9.80 Å². The van der Waals surface area contributed by atoms with Crippen LogP contribution in [0.3, 0.4) is 0 Å². The molecule has 0 aliphatic carbocycles. The third-order valence-electron chi connectivity index (χ3n) is 5.12. The number of carbonyl (C=O) groups excluding carboxylic acids is 1. The van der Waals surface area contributed by atoms with E-state index in [2.05, 4.69) is 10.2 Å². The molecule has 29 heavy (non-hydrogen) atoms. The summed E-state index contributed by atoms with van der Waals surface area (Å²) in [6.45, 7) is 3.55. The summed E-state index contributed by atoms with van der Waals surface area (Å²) in [6.07, 6.45) is 0. The number of rotatable bonds is 3. The van der Waals surface area contributed by atoms with Crippen molar-refractivity contribution in [1.82, 2.24) is 15.1 Å². The zero-order chi connectivity index (χ0) is 20.5. The van der Waals surface area contributed by atoms with E-state index in [1.807, 2.05) is 34.9 Å². The van der Waals surface area contributed by atoms with Crippen LogP contribution in [0.25, 0.3) is 10.8 Å². The number of hydrogen-bond acceptors (Lipinski definition) is 6. The lowest BCUT2D eigenvalue weighted by Crippen LogP contribution is -2.54. The molecule has 1 fully saturated rings. The number of non-ortho nitro benzene ring substituents is 1. The Kier molecular flexibility index (Phi) is 5.02. The number of nitro benzene ring substituents is 1. The van der Waals surface area contributed by atoms with Gasteiger partial charge in [0.25, 0.3) is 11.6 Å². The first-order valence-corrected chi connectivity index (χ1v) is 9.55. The summed E-state index contributed by atoms with van der Waals surface area (Å²) in [4.78, 5) is 27.3. The Morgan fingerprint density at radius 1 is 1.14 bits per heavy atom. The molecule has 3 aromatic rings. The van der Waals surface area contributed by atoms with Crippen molar-refractivity contribution in [2.75, 3.05) is 24.5 Å². The lowest BCUT2D eigenvalue weighted by Gasteiger charge is -2.40. The Labute approximate surface area is 171 Å². The number of carbonyl (C=O) groups is 1. The van der Waals surface area contributed by atoms with Crippen LogP contribution < -0.4 is 4.90 Å². The predicted molar refractivity (Wildman–Crippen MR) is 110 cm³/mol. The van der Waals surface area contributed by atoms with Gasteiger partial charge in [-0.15, -0.1) is 10.2 Å². The molecular formula is C20H18ClN5O3. The van der Waals surface area contributed by atoms with Crippen molar-refractivity contribution in [2.45, 2.75) is 13.0 Å². The average molecular weight is 412 g/mol. The van der Waals surface area contributed by atoms with Crippen molar-refractivity contribution in [3.63, 3.8) is 0 Å². The first-order chi connectivity index (χ1) is 14.0. The van der Waals surface area contributed by atoms with Crippen molar-refractivity contribution in [1.29, 1.82) is 0 Å². The molecule has 4 rings (SSSR count). The fraction of sp³-hybridized carbons (Fsp3) is 0.250. The predicted octanol–water partition coefficient (Wildman–Crippen LogP) is 3.54. The van der Waals surface area contributed by atoms with Crippen LogP contribution in [0.1, 0.15) is 17.3 Å².